The summed E-state index contributed by atoms with van der Waals surface area (Å²) in [4.78, 5) is 40.3. The van der Waals surface area contributed by atoms with Crippen LogP contribution in [0.1, 0.15) is 18.2 Å². The fraction of sp³-hybridized carbons (Fsp3) is 0.391. The Kier molecular flexibility index (Phi) is 12.4. The summed E-state index contributed by atoms with van der Waals surface area (Å²) in [6.45, 7) is 2.49. The second-order valence-electron chi connectivity index (χ2n) is 7.94. The van der Waals surface area contributed by atoms with Crippen molar-refractivity contribution in [3.8, 4) is 0 Å². The van der Waals surface area contributed by atoms with Gasteiger partial charge in [0, 0.05) is 48.0 Å². The molecular formula is C23H26ClF3N4O7S2. The molecule has 0 spiro atoms. The number of thiophene rings is 1. The van der Waals surface area contributed by atoms with Crippen LogP contribution in [-0.4, -0.2) is 90.6 Å². The first kappa shape index (κ1) is 33.0. The van der Waals surface area contributed by atoms with Gasteiger partial charge in [-0.1, -0.05) is 11.6 Å². The number of sulfonamides is 1. The molecule has 220 valence electrons. The summed E-state index contributed by atoms with van der Waals surface area (Å²) in [6.07, 6.45) is -0.0738. The fourth-order valence-corrected chi connectivity index (χ4v) is 5.74. The van der Waals surface area contributed by atoms with Gasteiger partial charge < -0.3 is 20.1 Å². The summed E-state index contributed by atoms with van der Waals surface area (Å²) < 4.78 is 64.3. The SMILES string of the molecule is CCOC(=O)CN(C1CCN(CCNc2ccncc2)C1=O)S(=O)(=O)C=Cc1ccc(Cl)s1.O=C(O)C(F)(F)F. The highest BCUT2D eigenvalue weighted by Crippen LogP contribution is 2.25. The van der Waals surface area contributed by atoms with Gasteiger partial charge in [-0.05, 0) is 43.7 Å². The minimum Gasteiger partial charge on any atom is -0.475 e. The molecular weight excluding hydrogens is 601 g/mol. The molecule has 1 saturated heterocycles. The molecule has 1 unspecified atom stereocenters. The molecule has 1 aliphatic rings. The van der Waals surface area contributed by atoms with E-state index < -0.39 is 40.7 Å². The lowest BCUT2D eigenvalue weighted by atomic mass is 10.2. The zero-order chi connectivity index (χ0) is 29.9. The molecule has 2 N–H and O–H groups in total. The normalized spacial score (nSPS) is 15.7. The number of alkyl halides is 3. The van der Waals surface area contributed by atoms with Crippen molar-refractivity contribution in [3.63, 3.8) is 0 Å². The van der Waals surface area contributed by atoms with Gasteiger partial charge in [0.1, 0.15) is 12.6 Å². The first-order valence-electron chi connectivity index (χ1n) is 11.6. The smallest absolute Gasteiger partial charge is 0.475 e. The van der Waals surface area contributed by atoms with E-state index in [9.17, 15) is 31.2 Å². The highest BCUT2D eigenvalue weighted by molar-refractivity contribution is 7.92. The van der Waals surface area contributed by atoms with Gasteiger partial charge in [0.2, 0.25) is 15.9 Å². The van der Waals surface area contributed by atoms with Gasteiger partial charge >= 0.3 is 18.1 Å². The Morgan fingerprint density at radius 1 is 1.30 bits per heavy atom. The average molecular weight is 627 g/mol. The number of esters is 1. The zero-order valence-corrected chi connectivity index (χ0v) is 23.4. The van der Waals surface area contributed by atoms with E-state index in [-0.39, 0.29) is 18.9 Å². The number of aromatic nitrogens is 1. The van der Waals surface area contributed by atoms with Crippen LogP contribution in [0.4, 0.5) is 18.9 Å². The average Bonchev–Trinajstić information content (AvgIpc) is 3.47. The molecule has 0 bridgehead atoms. The monoisotopic (exact) mass is 626 g/mol. The van der Waals surface area contributed by atoms with Crippen molar-refractivity contribution < 1.29 is 45.8 Å². The number of carbonyl (C=O) groups excluding carboxylic acids is 2. The number of amides is 1. The van der Waals surface area contributed by atoms with Crippen LogP contribution in [0, 0.1) is 0 Å². The third-order valence-corrected chi connectivity index (χ3v) is 7.88. The fourth-order valence-electron chi connectivity index (χ4n) is 3.38. The lowest BCUT2D eigenvalue weighted by Gasteiger charge is -2.25. The van der Waals surface area contributed by atoms with Gasteiger partial charge in [0.25, 0.3) is 0 Å². The topological polar surface area (TPSA) is 146 Å². The number of rotatable bonds is 11. The van der Waals surface area contributed by atoms with Gasteiger partial charge in [0.05, 0.1) is 10.9 Å². The van der Waals surface area contributed by atoms with Crippen molar-refractivity contribution >= 4 is 62.6 Å². The number of hydrogen-bond acceptors (Lipinski definition) is 9. The van der Waals surface area contributed by atoms with Gasteiger partial charge in [-0.2, -0.15) is 17.5 Å². The maximum absolute atomic E-state index is 13.1. The minimum absolute atomic E-state index is 0.113. The number of carboxylic acid groups (broad SMARTS) is 1. The van der Waals surface area contributed by atoms with Gasteiger partial charge in [-0.25, -0.2) is 13.2 Å². The van der Waals surface area contributed by atoms with Crippen LogP contribution >= 0.6 is 22.9 Å². The number of likely N-dealkylation sites (tertiary alicyclic amines) is 1. The molecule has 3 heterocycles. The number of anilines is 1. The Labute approximate surface area is 237 Å². The molecule has 17 heteroatoms. The lowest BCUT2D eigenvalue weighted by Crippen LogP contribution is -2.47. The second kappa shape index (κ2) is 15.0. The Hall–Kier alpha value is -3.21. The maximum Gasteiger partial charge on any atom is 0.490 e. The van der Waals surface area contributed by atoms with E-state index in [0.29, 0.717) is 28.8 Å². The third kappa shape index (κ3) is 10.4. The summed E-state index contributed by atoms with van der Waals surface area (Å²) >= 11 is 7.12. The van der Waals surface area contributed by atoms with Crippen molar-refractivity contribution in [1.82, 2.24) is 14.2 Å². The number of ether oxygens (including phenoxy) is 1. The van der Waals surface area contributed by atoms with Crippen molar-refractivity contribution in [3.05, 3.63) is 51.3 Å². The van der Waals surface area contributed by atoms with Crippen molar-refractivity contribution in [2.75, 3.05) is 38.1 Å². The Bertz CT molecular complexity index is 1290. The van der Waals surface area contributed by atoms with E-state index in [0.717, 1.165) is 15.4 Å². The number of aliphatic carboxylic acids is 1. The molecule has 1 fully saturated rings. The lowest BCUT2D eigenvalue weighted by molar-refractivity contribution is -0.192. The number of nitrogens with zero attached hydrogens (tertiary/aromatic N) is 3. The number of nitrogens with one attached hydrogen (secondary N) is 1. The van der Waals surface area contributed by atoms with Crippen molar-refractivity contribution in [1.29, 1.82) is 0 Å². The molecule has 0 radical (unpaired) electrons. The van der Waals surface area contributed by atoms with E-state index in [4.69, 9.17) is 26.2 Å². The van der Waals surface area contributed by atoms with E-state index in [1.54, 1.807) is 36.4 Å². The Morgan fingerprint density at radius 2 is 1.95 bits per heavy atom. The molecule has 40 heavy (non-hydrogen) atoms. The summed E-state index contributed by atoms with van der Waals surface area (Å²) in [5, 5.41) is 11.3. The maximum atomic E-state index is 13.1. The van der Waals surface area contributed by atoms with E-state index in [2.05, 4.69) is 10.3 Å². The first-order chi connectivity index (χ1) is 18.7. The molecule has 1 amide bonds. The van der Waals surface area contributed by atoms with E-state index >= 15 is 0 Å². The number of halogens is 4. The molecule has 1 aliphatic heterocycles. The second-order valence-corrected chi connectivity index (χ2v) is 11.5. The molecule has 1 atom stereocenters. The highest BCUT2D eigenvalue weighted by atomic mass is 35.5. The van der Waals surface area contributed by atoms with Crippen LogP contribution in [0.3, 0.4) is 0 Å². The number of carboxylic acids is 1. The minimum atomic E-state index is -5.08. The van der Waals surface area contributed by atoms with Crippen LogP contribution in [0.15, 0.2) is 42.1 Å². The van der Waals surface area contributed by atoms with Crippen LogP contribution < -0.4 is 5.32 Å². The van der Waals surface area contributed by atoms with Gasteiger partial charge in [0.15, 0.2) is 0 Å². The van der Waals surface area contributed by atoms with Gasteiger partial charge in [-0.3, -0.25) is 14.6 Å². The largest absolute Gasteiger partial charge is 0.490 e. The van der Waals surface area contributed by atoms with Crippen LogP contribution in [0.25, 0.3) is 6.08 Å². The summed E-state index contributed by atoms with van der Waals surface area (Å²) in [5.74, 6) is -3.81. The Balaban J connectivity index is 0.000000708. The summed E-state index contributed by atoms with van der Waals surface area (Å²) in [5.41, 5.74) is 0.874. The number of hydrogen-bond donors (Lipinski definition) is 2. The quantitative estimate of drug-likeness (QED) is 0.359. The standard InChI is InChI=1S/C21H25ClN4O5S2.C2HF3O2/c1-2-31-20(27)15-26(33(29,30)14-8-17-3-4-19(22)32-17)18-7-12-25(21(18)28)13-11-24-16-5-9-23-10-6-16;3-2(4,5)1(6)7/h3-6,8-10,14,18H,2,7,11-13,15H2,1H3,(H,23,24);(H,6,7). The van der Waals surface area contributed by atoms with Crippen LogP contribution in [0.2, 0.25) is 4.34 Å². The summed E-state index contributed by atoms with van der Waals surface area (Å²) in [7, 11) is -4.08. The molecule has 0 aromatic carbocycles. The first-order valence-corrected chi connectivity index (χ1v) is 14.3. The molecule has 3 rings (SSSR count). The zero-order valence-electron chi connectivity index (χ0n) is 21.0. The predicted molar refractivity (Wildman–Crippen MR) is 142 cm³/mol. The predicted octanol–water partition coefficient (Wildman–Crippen LogP) is 3.31. The van der Waals surface area contributed by atoms with Crippen LogP contribution in [-0.2, 0) is 29.1 Å². The highest BCUT2D eigenvalue weighted by Gasteiger charge is 2.41. The number of carbonyl (C=O) groups is 3. The summed E-state index contributed by atoms with van der Waals surface area (Å²) in [6, 6.07) is 6.00. The van der Waals surface area contributed by atoms with Gasteiger partial charge in [-0.15, -0.1) is 11.3 Å². The van der Waals surface area contributed by atoms with Crippen LogP contribution in [0.5, 0.6) is 0 Å². The molecule has 0 saturated carbocycles. The molecule has 0 aliphatic carbocycles. The third-order valence-electron chi connectivity index (χ3n) is 5.17. The molecule has 11 nitrogen and oxygen atoms in total. The Morgan fingerprint density at radius 3 is 2.50 bits per heavy atom. The molecule has 2 aromatic heterocycles. The van der Waals surface area contributed by atoms with E-state index in [1.165, 1.54) is 17.4 Å². The molecule has 2 aromatic rings. The van der Waals surface area contributed by atoms with Crippen molar-refractivity contribution in [2.45, 2.75) is 25.6 Å². The number of pyridine rings is 1. The van der Waals surface area contributed by atoms with E-state index in [1.807, 2.05) is 12.1 Å². The van der Waals surface area contributed by atoms with Crippen molar-refractivity contribution in [2.24, 2.45) is 0 Å².